The molecule has 4 aromatic rings. The van der Waals surface area contributed by atoms with Crippen LogP contribution < -0.4 is 4.90 Å². The van der Waals surface area contributed by atoms with Gasteiger partial charge in [-0.1, -0.05) is 23.7 Å². The third-order valence-electron chi connectivity index (χ3n) is 5.86. The second-order valence-electron chi connectivity index (χ2n) is 7.75. The molecular formula is C23H14ClF4N5. The van der Waals surface area contributed by atoms with Crippen LogP contribution in [-0.4, -0.2) is 21.5 Å². The van der Waals surface area contributed by atoms with E-state index in [1.54, 1.807) is 11.0 Å². The Balaban J connectivity index is 1.77. The Kier molecular flexibility index (Phi) is 4.98. The molecule has 0 fully saturated rings. The summed E-state index contributed by atoms with van der Waals surface area (Å²) in [5.74, 6) is -3.58. The molecule has 166 valence electrons. The standard InChI is InChI=1S/C23H14ClF4N5/c1-10-2-3-12(20(28)19(10)27)22-21-11(13-6-14(24)15(25)7-17(13)31-21)4-5-33(22)23-30-9-16(26)18(8-29)32-23/h2-3,6-7,9,22,31H,4-5H2,1H3. The Morgan fingerprint density at radius 3 is 2.70 bits per heavy atom. The molecule has 10 heteroatoms. The highest BCUT2D eigenvalue weighted by atomic mass is 35.5. The molecule has 0 aliphatic carbocycles. The van der Waals surface area contributed by atoms with Gasteiger partial charge in [0, 0.05) is 28.7 Å². The van der Waals surface area contributed by atoms with Gasteiger partial charge < -0.3 is 9.88 Å². The van der Waals surface area contributed by atoms with Gasteiger partial charge in [-0.25, -0.2) is 22.5 Å². The van der Waals surface area contributed by atoms with Gasteiger partial charge >= 0.3 is 0 Å². The van der Waals surface area contributed by atoms with Crippen LogP contribution in [0.15, 0.2) is 30.5 Å². The van der Waals surface area contributed by atoms with Crippen LogP contribution in [0.2, 0.25) is 5.02 Å². The molecule has 2 aromatic carbocycles. The number of H-pyrrole nitrogens is 1. The summed E-state index contributed by atoms with van der Waals surface area (Å²) < 4.78 is 57.7. The van der Waals surface area contributed by atoms with Gasteiger partial charge in [0.1, 0.15) is 17.9 Å². The van der Waals surface area contributed by atoms with E-state index in [1.165, 1.54) is 31.2 Å². The first-order chi connectivity index (χ1) is 15.8. The van der Waals surface area contributed by atoms with Gasteiger partial charge in [-0.2, -0.15) is 10.2 Å². The van der Waals surface area contributed by atoms with Crippen LogP contribution in [0.1, 0.15) is 34.1 Å². The van der Waals surface area contributed by atoms with Crippen molar-refractivity contribution in [3.05, 3.63) is 86.8 Å². The summed E-state index contributed by atoms with van der Waals surface area (Å²) in [6.45, 7) is 1.69. The van der Waals surface area contributed by atoms with Crippen LogP contribution in [-0.2, 0) is 6.42 Å². The third kappa shape index (κ3) is 3.29. The summed E-state index contributed by atoms with van der Waals surface area (Å²) in [4.78, 5) is 12.6. The van der Waals surface area contributed by atoms with E-state index in [0.717, 1.165) is 11.8 Å². The zero-order chi connectivity index (χ0) is 23.4. The lowest BCUT2D eigenvalue weighted by Gasteiger charge is -2.36. The maximum atomic E-state index is 15.2. The highest BCUT2D eigenvalue weighted by Gasteiger charge is 2.36. The Morgan fingerprint density at radius 1 is 1.15 bits per heavy atom. The van der Waals surface area contributed by atoms with Crippen LogP contribution in [0.3, 0.4) is 0 Å². The lowest BCUT2D eigenvalue weighted by Crippen LogP contribution is -2.38. The monoisotopic (exact) mass is 471 g/mol. The predicted molar refractivity (Wildman–Crippen MR) is 114 cm³/mol. The van der Waals surface area contributed by atoms with Gasteiger partial charge in [-0.3, -0.25) is 0 Å². The molecule has 1 aliphatic heterocycles. The topological polar surface area (TPSA) is 68.6 Å². The predicted octanol–water partition coefficient (Wildman–Crippen LogP) is 5.50. The van der Waals surface area contributed by atoms with Gasteiger partial charge in [-0.15, -0.1) is 0 Å². The van der Waals surface area contributed by atoms with Crippen molar-refractivity contribution in [2.75, 3.05) is 11.4 Å². The average molecular weight is 472 g/mol. The molecule has 1 unspecified atom stereocenters. The SMILES string of the molecule is Cc1ccc(C2c3[nH]c4cc(F)c(Cl)cc4c3CCN2c2ncc(F)c(C#N)n2)c(F)c1F. The fraction of sp³-hybridized carbons (Fsp3) is 0.174. The molecule has 0 spiro atoms. The summed E-state index contributed by atoms with van der Waals surface area (Å²) in [5.41, 5.74) is 1.34. The number of anilines is 1. The lowest BCUT2D eigenvalue weighted by atomic mass is 9.91. The van der Waals surface area contributed by atoms with E-state index in [1.807, 2.05) is 0 Å². The van der Waals surface area contributed by atoms with Crippen LogP contribution in [0.5, 0.6) is 0 Å². The highest BCUT2D eigenvalue weighted by Crippen LogP contribution is 2.42. The van der Waals surface area contributed by atoms with Crippen LogP contribution >= 0.6 is 11.6 Å². The molecule has 1 atom stereocenters. The van der Waals surface area contributed by atoms with Gasteiger partial charge in [0.25, 0.3) is 0 Å². The van der Waals surface area contributed by atoms with Gasteiger partial charge in [0.15, 0.2) is 23.1 Å². The van der Waals surface area contributed by atoms with Crippen LogP contribution in [0.25, 0.3) is 10.9 Å². The molecule has 0 radical (unpaired) electrons. The summed E-state index contributed by atoms with van der Waals surface area (Å²) in [6, 6.07) is 6.34. The third-order valence-corrected chi connectivity index (χ3v) is 6.15. The van der Waals surface area contributed by atoms with E-state index in [9.17, 15) is 18.4 Å². The summed E-state index contributed by atoms with van der Waals surface area (Å²) in [5, 5.41) is 9.78. The van der Waals surface area contributed by atoms with Crippen molar-refractivity contribution in [1.82, 2.24) is 15.0 Å². The average Bonchev–Trinajstić information content (AvgIpc) is 3.15. The van der Waals surface area contributed by atoms with Crippen molar-refractivity contribution in [1.29, 1.82) is 5.26 Å². The van der Waals surface area contributed by atoms with Crippen molar-refractivity contribution in [3.8, 4) is 6.07 Å². The number of nitrogens with zero attached hydrogens (tertiary/aromatic N) is 4. The number of aromatic nitrogens is 3. The second kappa shape index (κ2) is 7.74. The molecule has 0 saturated carbocycles. The number of nitrogens with one attached hydrogen (secondary N) is 1. The first-order valence-electron chi connectivity index (χ1n) is 9.93. The zero-order valence-electron chi connectivity index (χ0n) is 17.1. The second-order valence-corrected chi connectivity index (χ2v) is 8.16. The van der Waals surface area contributed by atoms with Crippen LogP contribution in [0, 0.1) is 41.5 Å². The van der Waals surface area contributed by atoms with Crippen molar-refractivity contribution in [2.24, 2.45) is 0 Å². The number of rotatable bonds is 2. The quantitative estimate of drug-likeness (QED) is 0.392. The van der Waals surface area contributed by atoms with E-state index in [-0.39, 0.29) is 28.6 Å². The molecule has 5 nitrogen and oxygen atoms in total. The van der Waals surface area contributed by atoms with Gasteiger partial charge in [-0.05, 0) is 36.6 Å². The summed E-state index contributed by atoms with van der Waals surface area (Å²) >= 11 is 5.98. The number of fused-ring (bicyclic) bond motifs is 3. The molecule has 3 heterocycles. The lowest BCUT2D eigenvalue weighted by molar-refractivity contribution is 0.480. The maximum absolute atomic E-state index is 15.2. The zero-order valence-corrected chi connectivity index (χ0v) is 17.8. The minimum Gasteiger partial charge on any atom is -0.356 e. The number of aromatic amines is 1. The van der Waals surface area contributed by atoms with E-state index in [2.05, 4.69) is 15.0 Å². The van der Waals surface area contributed by atoms with E-state index >= 15 is 4.39 Å². The Bertz CT molecular complexity index is 1480. The van der Waals surface area contributed by atoms with E-state index in [4.69, 9.17) is 11.6 Å². The van der Waals surface area contributed by atoms with Crippen molar-refractivity contribution in [2.45, 2.75) is 19.4 Å². The van der Waals surface area contributed by atoms with Gasteiger partial charge in [0.2, 0.25) is 5.95 Å². The number of aryl methyl sites for hydroxylation is 1. The molecular weight excluding hydrogens is 458 g/mol. The molecule has 5 rings (SSSR count). The van der Waals surface area contributed by atoms with Crippen molar-refractivity contribution in [3.63, 3.8) is 0 Å². The summed E-state index contributed by atoms with van der Waals surface area (Å²) in [7, 11) is 0. The highest BCUT2D eigenvalue weighted by molar-refractivity contribution is 6.31. The molecule has 2 aromatic heterocycles. The Morgan fingerprint density at radius 2 is 1.94 bits per heavy atom. The number of benzene rings is 2. The van der Waals surface area contributed by atoms with Crippen molar-refractivity contribution >= 4 is 28.5 Å². The Labute approximate surface area is 190 Å². The molecule has 1 N–H and O–H groups in total. The van der Waals surface area contributed by atoms with Crippen LogP contribution in [0.4, 0.5) is 23.5 Å². The van der Waals surface area contributed by atoms with Gasteiger partial charge in [0.05, 0.1) is 11.2 Å². The molecule has 0 bridgehead atoms. The van der Waals surface area contributed by atoms with E-state index in [0.29, 0.717) is 23.0 Å². The number of hydrogen-bond donors (Lipinski definition) is 1. The molecule has 0 saturated heterocycles. The number of halogens is 5. The number of hydrogen-bond acceptors (Lipinski definition) is 4. The molecule has 33 heavy (non-hydrogen) atoms. The number of nitriles is 1. The van der Waals surface area contributed by atoms with Crippen molar-refractivity contribution < 1.29 is 17.6 Å². The van der Waals surface area contributed by atoms with E-state index < -0.39 is 35.0 Å². The molecule has 1 aliphatic rings. The summed E-state index contributed by atoms with van der Waals surface area (Å²) in [6.07, 6.45) is 1.27. The largest absolute Gasteiger partial charge is 0.356 e. The fourth-order valence-electron chi connectivity index (χ4n) is 4.27. The Hall–Kier alpha value is -3.64. The fourth-order valence-corrected chi connectivity index (χ4v) is 4.43. The maximum Gasteiger partial charge on any atom is 0.227 e. The first-order valence-corrected chi connectivity index (χ1v) is 10.3. The normalized spacial score (nSPS) is 15.5. The minimum absolute atomic E-state index is 0.0105. The minimum atomic E-state index is -1.05. The molecule has 0 amide bonds. The smallest absolute Gasteiger partial charge is 0.227 e. The first kappa shape index (κ1) is 21.2.